The first-order valence-corrected chi connectivity index (χ1v) is 10.9. The van der Waals surface area contributed by atoms with Crippen molar-refractivity contribution in [3.8, 4) is 5.75 Å². The summed E-state index contributed by atoms with van der Waals surface area (Å²) in [6.07, 6.45) is 8.13. The molecule has 0 spiro atoms. The lowest BCUT2D eigenvalue weighted by atomic mass is 10.1. The van der Waals surface area contributed by atoms with Crippen LogP contribution in [0.2, 0.25) is 0 Å². The molecule has 7 heteroatoms. The van der Waals surface area contributed by atoms with Gasteiger partial charge < -0.3 is 4.74 Å². The van der Waals surface area contributed by atoms with Gasteiger partial charge in [0.15, 0.2) is 5.75 Å². The van der Waals surface area contributed by atoms with E-state index in [1.165, 1.54) is 11.0 Å². The van der Waals surface area contributed by atoms with Crippen molar-refractivity contribution in [1.29, 1.82) is 0 Å². The van der Waals surface area contributed by atoms with E-state index < -0.39 is 4.92 Å². The van der Waals surface area contributed by atoms with Crippen molar-refractivity contribution in [2.24, 2.45) is 0 Å². The molecule has 1 heterocycles. The number of imide groups is 1. The van der Waals surface area contributed by atoms with E-state index in [1.54, 1.807) is 42.5 Å². The monoisotopic (exact) mass is 424 g/mol. The van der Waals surface area contributed by atoms with Crippen molar-refractivity contribution >= 4 is 17.5 Å². The van der Waals surface area contributed by atoms with E-state index in [2.05, 4.69) is 0 Å². The lowest BCUT2D eigenvalue weighted by molar-refractivity contribution is -0.385. The summed E-state index contributed by atoms with van der Waals surface area (Å²) in [5.74, 6) is -0.0298. The molecule has 0 radical (unpaired) electrons. The minimum atomic E-state index is -0.427. The molecule has 2 amide bonds. The number of nitro benzene ring substituents is 1. The van der Waals surface area contributed by atoms with Crippen LogP contribution in [0.15, 0.2) is 48.5 Å². The molecule has 1 aliphatic heterocycles. The summed E-state index contributed by atoms with van der Waals surface area (Å²) in [5.41, 5.74) is 1.03. The molecular weight excluding hydrogens is 396 g/mol. The number of nitrogens with zero attached hydrogens (tertiary/aromatic N) is 2. The average Bonchev–Trinajstić information content (AvgIpc) is 3.02. The lowest BCUT2D eigenvalue weighted by Gasteiger charge is -2.13. The van der Waals surface area contributed by atoms with E-state index in [9.17, 15) is 19.7 Å². The third kappa shape index (κ3) is 5.90. The SMILES string of the molecule is O=C1c2ccccc2C(=O)N1CCCCCCCCCCOc1ccccc1[N+](=O)[O-]. The Morgan fingerprint density at radius 1 is 0.742 bits per heavy atom. The summed E-state index contributed by atoms with van der Waals surface area (Å²) in [6.45, 7) is 0.959. The Bertz CT molecular complexity index is 893. The highest BCUT2D eigenvalue weighted by Crippen LogP contribution is 2.26. The van der Waals surface area contributed by atoms with E-state index in [1.807, 2.05) is 0 Å². The number of carbonyl (C=O) groups is 2. The second-order valence-corrected chi connectivity index (χ2v) is 7.71. The smallest absolute Gasteiger partial charge is 0.310 e. The van der Waals surface area contributed by atoms with E-state index in [0.717, 1.165) is 51.4 Å². The first-order valence-electron chi connectivity index (χ1n) is 10.9. The van der Waals surface area contributed by atoms with Crippen LogP contribution in [-0.2, 0) is 0 Å². The predicted octanol–water partition coefficient (Wildman–Crippen LogP) is 5.39. The molecule has 164 valence electrons. The molecule has 3 rings (SSSR count). The van der Waals surface area contributed by atoms with Crippen LogP contribution in [0.4, 0.5) is 5.69 Å². The fraction of sp³-hybridized carbons (Fsp3) is 0.417. The van der Waals surface area contributed by atoms with Crippen LogP contribution in [0, 0.1) is 10.1 Å². The standard InChI is InChI=1S/C24H28N2O5/c27-23-19-13-7-8-14-20(19)24(28)25(23)17-11-5-3-1-2-4-6-12-18-31-22-16-10-9-15-21(22)26(29)30/h7-10,13-16H,1-6,11-12,17-18H2. The van der Waals surface area contributed by atoms with Crippen LogP contribution in [0.5, 0.6) is 5.75 Å². The quantitative estimate of drug-likeness (QED) is 0.186. The number of rotatable bonds is 13. The highest BCUT2D eigenvalue weighted by atomic mass is 16.6. The van der Waals surface area contributed by atoms with Gasteiger partial charge in [0, 0.05) is 12.6 Å². The third-order valence-electron chi connectivity index (χ3n) is 5.47. The highest BCUT2D eigenvalue weighted by molar-refractivity contribution is 6.21. The summed E-state index contributed by atoms with van der Waals surface area (Å²) >= 11 is 0. The van der Waals surface area contributed by atoms with Crippen LogP contribution in [-0.4, -0.2) is 34.8 Å². The number of amides is 2. The van der Waals surface area contributed by atoms with Gasteiger partial charge in [-0.3, -0.25) is 24.6 Å². The Morgan fingerprint density at radius 2 is 1.26 bits per heavy atom. The number of hydrogen-bond acceptors (Lipinski definition) is 5. The summed E-state index contributed by atoms with van der Waals surface area (Å²) in [4.78, 5) is 36.5. The molecule has 0 atom stereocenters. The van der Waals surface area contributed by atoms with Gasteiger partial charge in [0.05, 0.1) is 22.7 Å². The van der Waals surface area contributed by atoms with Gasteiger partial charge >= 0.3 is 5.69 Å². The highest BCUT2D eigenvalue weighted by Gasteiger charge is 2.34. The van der Waals surface area contributed by atoms with Crippen molar-refractivity contribution in [3.05, 3.63) is 69.8 Å². The maximum Gasteiger partial charge on any atom is 0.310 e. The first kappa shape index (κ1) is 22.5. The van der Waals surface area contributed by atoms with Gasteiger partial charge in [-0.25, -0.2) is 0 Å². The summed E-state index contributed by atoms with van der Waals surface area (Å²) in [5, 5.41) is 11.0. The summed E-state index contributed by atoms with van der Waals surface area (Å²) in [6, 6.07) is 13.4. The van der Waals surface area contributed by atoms with Crippen LogP contribution in [0.25, 0.3) is 0 Å². The molecule has 0 saturated heterocycles. The van der Waals surface area contributed by atoms with Crippen LogP contribution in [0.1, 0.15) is 72.1 Å². The maximum absolute atomic E-state index is 12.3. The number of nitro groups is 1. The lowest BCUT2D eigenvalue weighted by Crippen LogP contribution is -2.30. The third-order valence-corrected chi connectivity index (χ3v) is 5.47. The van der Waals surface area contributed by atoms with Gasteiger partial charge in [-0.1, -0.05) is 62.8 Å². The van der Waals surface area contributed by atoms with Crippen LogP contribution < -0.4 is 4.74 Å². The van der Waals surface area contributed by atoms with Crippen LogP contribution in [0.3, 0.4) is 0 Å². The molecule has 0 N–H and O–H groups in total. The van der Waals surface area contributed by atoms with Crippen molar-refractivity contribution in [2.75, 3.05) is 13.2 Å². The number of hydrogen-bond donors (Lipinski definition) is 0. The molecule has 31 heavy (non-hydrogen) atoms. The zero-order valence-electron chi connectivity index (χ0n) is 17.6. The average molecular weight is 424 g/mol. The Hall–Kier alpha value is -3.22. The van der Waals surface area contributed by atoms with Crippen molar-refractivity contribution in [3.63, 3.8) is 0 Å². The Kier molecular flexibility index (Phi) is 8.15. The van der Waals surface area contributed by atoms with Crippen molar-refractivity contribution in [1.82, 2.24) is 4.90 Å². The molecule has 0 fully saturated rings. The summed E-state index contributed by atoms with van der Waals surface area (Å²) < 4.78 is 5.55. The number of unbranched alkanes of at least 4 members (excludes halogenated alkanes) is 7. The fourth-order valence-electron chi connectivity index (χ4n) is 3.79. The molecule has 0 aliphatic carbocycles. The molecule has 7 nitrogen and oxygen atoms in total. The van der Waals surface area contributed by atoms with Gasteiger partial charge in [0.25, 0.3) is 11.8 Å². The van der Waals surface area contributed by atoms with Crippen LogP contribution >= 0.6 is 0 Å². The van der Waals surface area contributed by atoms with Crippen molar-refractivity contribution in [2.45, 2.75) is 51.4 Å². The van der Waals surface area contributed by atoms with Gasteiger partial charge in [-0.05, 0) is 31.0 Å². The number of fused-ring (bicyclic) bond motifs is 1. The number of para-hydroxylation sites is 2. The van der Waals surface area contributed by atoms with E-state index in [0.29, 0.717) is 30.0 Å². The molecule has 0 bridgehead atoms. The van der Waals surface area contributed by atoms with Gasteiger partial charge in [0.1, 0.15) is 0 Å². The zero-order valence-corrected chi connectivity index (χ0v) is 17.6. The summed E-state index contributed by atoms with van der Waals surface area (Å²) in [7, 11) is 0. The normalized spacial score (nSPS) is 12.8. The molecule has 1 aliphatic rings. The Balaban J connectivity index is 1.21. The Morgan fingerprint density at radius 3 is 1.87 bits per heavy atom. The van der Waals surface area contributed by atoms with E-state index in [4.69, 9.17) is 4.74 Å². The van der Waals surface area contributed by atoms with Gasteiger partial charge in [0.2, 0.25) is 0 Å². The minimum absolute atomic E-state index is 0.00344. The second-order valence-electron chi connectivity index (χ2n) is 7.71. The Labute approximate surface area is 182 Å². The largest absolute Gasteiger partial charge is 0.487 e. The van der Waals surface area contributed by atoms with E-state index >= 15 is 0 Å². The number of ether oxygens (including phenoxy) is 1. The van der Waals surface area contributed by atoms with Crippen molar-refractivity contribution < 1.29 is 19.2 Å². The molecule has 0 unspecified atom stereocenters. The molecule has 0 aromatic heterocycles. The number of benzene rings is 2. The fourth-order valence-corrected chi connectivity index (χ4v) is 3.79. The molecule has 0 saturated carbocycles. The molecule has 2 aromatic carbocycles. The zero-order chi connectivity index (χ0) is 22.1. The molecular formula is C24H28N2O5. The topological polar surface area (TPSA) is 89.8 Å². The first-order chi connectivity index (χ1) is 15.1. The van der Waals surface area contributed by atoms with Gasteiger partial charge in [-0.15, -0.1) is 0 Å². The van der Waals surface area contributed by atoms with E-state index in [-0.39, 0.29) is 17.5 Å². The second kappa shape index (κ2) is 11.2. The van der Waals surface area contributed by atoms with Gasteiger partial charge in [-0.2, -0.15) is 0 Å². The molecule has 2 aromatic rings. The maximum atomic E-state index is 12.3. The predicted molar refractivity (Wildman–Crippen MR) is 117 cm³/mol. The number of carbonyl (C=O) groups excluding carboxylic acids is 2. The minimum Gasteiger partial charge on any atom is -0.487 e.